The van der Waals surface area contributed by atoms with Gasteiger partial charge in [0.05, 0.1) is 16.6 Å². The molecular weight excluding hydrogens is 687 g/mol. The zero-order chi connectivity index (χ0) is 35.9. The van der Waals surface area contributed by atoms with Crippen molar-refractivity contribution in [1.29, 1.82) is 0 Å². The van der Waals surface area contributed by atoms with Crippen LogP contribution in [-0.4, -0.2) is 66.7 Å². The molecule has 2 aromatic heterocycles. The molecule has 3 aromatic carbocycles. The lowest BCUT2D eigenvalue weighted by Crippen LogP contribution is -2.47. The van der Waals surface area contributed by atoms with E-state index in [-0.39, 0.29) is 21.7 Å². The Hall–Kier alpha value is -4.58. The summed E-state index contributed by atoms with van der Waals surface area (Å²) in [5.41, 5.74) is 6.39. The molecule has 0 radical (unpaired) electrons. The zero-order valence-electron chi connectivity index (χ0n) is 28.9. The molecule has 1 N–H and O–H groups in total. The molecule has 51 heavy (non-hydrogen) atoms. The third kappa shape index (κ3) is 7.56. The van der Waals surface area contributed by atoms with Crippen molar-refractivity contribution in [2.75, 3.05) is 37.6 Å². The highest BCUT2D eigenvalue weighted by Gasteiger charge is 2.29. The average Bonchev–Trinajstić information content (AvgIpc) is 3.49. The SMILES string of the molecule is Cn1ncc2cc(-c3nc(C(=O)NS(=O)(=O)c4ccc(N5CCN(CC6=C(c7ccc(Cl)cc7)CC(C)(C)CC6)CC5)cc4)ccc3F)ccc21. The van der Waals surface area contributed by atoms with Crippen molar-refractivity contribution in [3.8, 4) is 11.3 Å². The molecule has 0 bridgehead atoms. The number of piperazine rings is 1. The van der Waals surface area contributed by atoms with Gasteiger partial charge in [-0.15, -0.1) is 0 Å². The fraction of sp³-hybridized carbons (Fsp3) is 0.308. The van der Waals surface area contributed by atoms with E-state index in [2.05, 4.69) is 50.6 Å². The Morgan fingerprint density at radius 3 is 2.37 bits per heavy atom. The Labute approximate surface area is 302 Å². The van der Waals surface area contributed by atoms with Crippen molar-refractivity contribution in [1.82, 2.24) is 24.4 Å². The minimum atomic E-state index is -4.22. The van der Waals surface area contributed by atoms with Crippen LogP contribution in [0.15, 0.2) is 95.5 Å². The fourth-order valence-corrected chi connectivity index (χ4v) is 8.14. The molecule has 1 amide bonds. The molecule has 0 unspecified atom stereocenters. The van der Waals surface area contributed by atoms with Gasteiger partial charge in [-0.3, -0.25) is 14.4 Å². The molecule has 1 saturated heterocycles. The number of rotatable bonds is 8. The average molecular weight is 727 g/mol. The van der Waals surface area contributed by atoms with Gasteiger partial charge in [0.2, 0.25) is 0 Å². The molecule has 9 nitrogen and oxygen atoms in total. The van der Waals surface area contributed by atoms with Crippen LogP contribution in [0.5, 0.6) is 0 Å². The van der Waals surface area contributed by atoms with E-state index in [1.165, 1.54) is 41.3 Å². The summed E-state index contributed by atoms with van der Waals surface area (Å²) >= 11 is 6.19. The Balaban J connectivity index is 0.988. The molecule has 0 spiro atoms. The van der Waals surface area contributed by atoms with E-state index in [1.807, 2.05) is 12.1 Å². The van der Waals surface area contributed by atoms with Gasteiger partial charge in [0.25, 0.3) is 15.9 Å². The Morgan fingerprint density at radius 2 is 1.65 bits per heavy atom. The number of amides is 1. The summed E-state index contributed by atoms with van der Waals surface area (Å²) in [5.74, 6) is -1.58. The summed E-state index contributed by atoms with van der Waals surface area (Å²) in [6.45, 7) is 9.01. The highest BCUT2D eigenvalue weighted by Crippen LogP contribution is 2.43. The highest BCUT2D eigenvalue weighted by molar-refractivity contribution is 7.90. The Morgan fingerprint density at radius 1 is 0.941 bits per heavy atom. The number of hydrogen-bond acceptors (Lipinski definition) is 7. The molecule has 12 heteroatoms. The van der Waals surface area contributed by atoms with Crippen LogP contribution < -0.4 is 9.62 Å². The number of halogens is 2. The third-order valence-corrected chi connectivity index (χ3v) is 11.6. The summed E-state index contributed by atoms with van der Waals surface area (Å²) in [7, 11) is -2.41. The predicted molar refractivity (Wildman–Crippen MR) is 200 cm³/mol. The summed E-state index contributed by atoms with van der Waals surface area (Å²) in [6, 6.07) is 22.2. The smallest absolute Gasteiger partial charge is 0.283 e. The number of benzene rings is 3. The van der Waals surface area contributed by atoms with Crippen molar-refractivity contribution in [2.24, 2.45) is 12.5 Å². The summed E-state index contributed by atoms with van der Waals surface area (Å²) in [6.07, 6.45) is 4.95. The van der Waals surface area contributed by atoms with Crippen LogP contribution in [-0.2, 0) is 17.1 Å². The van der Waals surface area contributed by atoms with Gasteiger partial charge in [-0.05, 0) is 96.5 Å². The van der Waals surface area contributed by atoms with Gasteiger partial charge in [0, 0.05) is 61.4 Å². The summed E-state index contributed by atoms with van der Waals surface area (Å²) in [4.78, 5) is 21.9. The monoisotopic (exact) mass is 726 g/mol. The van der Waals surface area contributed by atoms with Gasteiger partial charge < -0.3 is 4.90 Å². The maximum atomic E-state index is 14.8. The fourth-order valence-electron chi connectivity index (χ4n) is 7.05. The second-order valence-electron chi connectivity index (χ2n) is 14.2. The first kappa shape index (κ1) is 34.9. The third-order valence-electron chi connectivity index (χ3n) is 10.0. The van der Waals surface area contributed by atoms with Gasteiger partial charge in [0.15, 0.2) is 0 Å². The lowest BCUT2D eigenvalue weighted by molar-refractivity contribution is 0.0976. The maximum absolute atomic E-state index is 14.8. The first-order chi connectivity index (χ1) is 24.3. The number of nitrogens with one attached hydrogen (secondary N) is 1. The van der Waals surface area contributed by atoms with Gasteiger partial charge in [-0.25, -0.2) is 22.5 Å². The van der Waals surface area contributed by atoms with Crippen LogP contribution in [0.25, 0.3) is 27.7 Å². The number of carbonyl (C=O) groups is 1. The largest absolute Gasteiger partial charge is 0.369 e. The number of hydrogen-bond donors (Lipinski definition) is 1. The van der Waals surface area contributed by atoms with Gasteiger partial charge in [-0.1, -0.05) is 49.2 Å². The van der Waals surface area contributed by atoms with Crippen molar-refractivity contribution in [3.05, 3.63) is 113 Å². The zero-order valence-corrected chi connectivity index (χ0v) is 30.4. The van der Waals surface area contributed by atoms with E-state index in [1.54, 1.807) is 48.3 Å². The number of nitrogens with zero attached hydrogens (tertiary/aromatic N) is 5. The van der Waals surface area contributed by atoms with Crippen LogP contribution in [0.3, 0.4) is 0 Å². The van der Waals surface area contributed by atoms with Gasteiger partial charge in [-0.2, -0.15) is 5.10 Å². The molecule has 3 heterocycles. The summed E-state index contributed by atoms with van der Waals surface area (Å²) in [5, 5.41) is 5.73. The number of anilines is 1. The standard InChI is InChI=1S/C39H40ClFN6O3S/c1-39(2)17-16-28(33(23-39)26-4-7-30(40)8-5-26)25-46-18-20-47(21-19-46)31-9-11-32(12-10-31)51(49,50)44-38(48)35-14-13-34(41)37(43-35)27-6-15-36-29(22-27)24-42-45(36)3/h4-15,22,24H,16-21,23,25H2,1-3H3,(H,44,48). The molecule has 5 aromatic rings. The number of aryl methyl sites for hydroxylation is 1. The molecule has 264 valence electrons. The number of carbonyl (C=O) groups excluding carboxylic acids is 1. The van der Waals surface area contributed by atoms with Gasteiger partial charge in [0.1, 0.15) is 17.2 Å². The first-order valence-electron chi connectivity index (χ1n) is 17.1. The van der Waals surface area contributed by atoms with Crippen molar-refractivity contribution >= 4 is 49.7 Å². The molecule has 2 aliphatic rings. The van der Waals surface area contributed by atoms with Crippen LogP contribution in [0.1, 0.15) is 49.2 Å². The van der Waals surface area contributed by atoms with E-state index in [0.717, 1.165) is 73.2 Å². The normalized spacial score (nSPS) is 16.8. The first-order valence-corrected chi connectivity index (χ1v) is 18.9. The second kappa shape index (κ2) is 13.9. The number of fused-ring (bicyclic) bond motifs is 1. The van der Waals surface area contributed by atoms with Crippen LogP contribution in [0.4, 0.5) is 10.1 Å². The van der Waals surface area contributed by atoms with Gasteiger partial charge >= 0.3 is 0 Å². The quantitative estimate of drug-likeness (QED) is 0.179. The molecule has 7 rings (SSSR count). The minimum Gasteiger partial charge on any atom is -0.369 e. The molecular formula is C39H40ClFN6O3S. The van der Waals surface area contributed by atoms with Crippen molar-refractivity contribution in [3.63, 3.8) is 0 Å². The molecule has 1 aliphatic heterocycles. The van der Waals surface area contributed by atoms with E-state index in [4.69, 9.17) is 11.6 Å². The van der Waals surface area contributed by atoms with E-state index in [9.17, 15) is 17.6 Å². The predicted octanol–water partition coefficient (Wildman–Crippen LogP) is 7.33. The number of allylic oxidation sites excluding steroid dienone is 1. The topological polar surface area (TPSA) is 100 Å². The molecule has 0 atom stereocenters. The number of sulfonamides is 1. The van der Waals surface area contributed by atoms with Crippen LogP contribution in [0, 0.1) is 11.2 Å². The number of aromatic nitrogens is 3. The second-order valence-corrected chi connectivity index (χ2v) is 16.3. The van der Waals surface area contributed by atoms with E-state index in [0.29, 0.717) is 5.56 Å². The molecule has 1 aliphatic carbocycles. The lowest BCUT2D eigenvalue weighted by atomic mass is 9.72. The Kier molecular flexibility index (Phi) is 9.47. The highest BCUT2D eigenvalue weighted by atomic mass is 35.5. The molecule has 1 fully saturated rings. The lowest BCUT2D eigenvalue weighted by Gasteiger charge is -2.39. The summed E-state index contributed by atoms with van der Waals surface area (Å²) < 4.78 is 45.0. The van der Waals surface area contributed by atoms with E-state index >= 15 is 0 Å². The Bertz CT molecular complexity index is 2240. The molecule has 0 saturated carbocycles. The van der Waals surface area contributed by atoms with Crippen molar-refractivity contribution < 1.29 is 17.6 Å². The van der Waals surface area contributed by atoms with Crippen LogP contribution >= 0.6 is 11.6 Å². The van der Waals surface area contributed by atoms with E-state index < -0.39 is 21.7 Å². The van der Waals surface area contributed by atoms with Crippen molar-refractivity contribution in [2.45, 2.75) is 38.0 Å². The van der Waals surface area contributed by atoms with Crippen LogP contribution in [0.2, 0.25) is 5.02 Å². The maximum Gasteiger partial charge on any atom is 0.283 e. The number of pyridine rings is 1. The minimum absolute atomic E-state index is 0.0514.